The van der Waals surface area contributed by atoms with E-state index in [1.165, 1.54) is 11.8 Å². The molecular weight excluding hydrogens is 322 g/mol. The molecule has 0 aliphatic heterocycles. The van der Waals surface area contributed by atoms with Crippen LogP contribution in [0.1, 0.15) is 30.6 Å². The van der Waals surface area contributed by atoms with Crippen LogP contribution in [0.25, 0.3) is 0 Å². The summed E-state index contributed by atoms with van der Waals surface area (Å²) >= 11 is 0. The van der Waals surface area contributed by atoms with Crippen LogP contribution < -0.4 is 10.2 Å². The third-order valence-corrected chi connectivity index (χ3v) is 3.48. The van der Waals surface area contributed by atoms with Gasteiger partial charge in [-0.15, -0.1) is 0 Å². The van der Waals surface area contributed by atoms with Crippen molar-refractivity contribution in [2.24, 2.45) is 0 Å². The molecule has 0 atom stereocenters. The molecule has 0 heterocycles. The summed E-state index contributed by atoms with van der Waals surface area (Å²) < 4.78 is 5.02. The lowest BCUT2D eigenvalue weighted by Gasteiger charge is -2.23. The van der Waals surface area contributed by atoms with Crippen LogP contribution >= 0.6 is 0 Å². The van der Waals surface area contributed by atoms with Gasteiger partial charge in [-0.2, -0.15) is 0 Å². The molecule has 0 saturated carbocycles. The molecule has 138 valence electrons. The van der Waals surface area contributed by atoms with E-state index in [1.54, 1.807) is 31.2 Å². The van der Waals surface area contributed by atoms with E-state index in [1.807, 2.05) is 19.0 Å². The van der Waals surface area contributed by atoms with Crippen molar-refractivity contribution < 1.29 is 19.1 Å². The maximum Gasteiger partial charge on any atom is 0.340 e. The van der Waals surface area contributed by atoms with Crippen molar-refractivity contribution in [1.82, 2.24) is 10.2 Å². The van der Waals surface area contributed by atoms with E-state index in [0.29, 0.717) is 12.2 Å². The Morgan fingerprint density at radius 3 is 2.44 bits per heavy atom. The molecule has 0 fully saturated rings. The Hall–Kier alpha value is -2.41. The number of carbonyl (C=O) groups is 3. The lowest BCUT2D eigenvalue weighted by atomic mass is 10.1. The van der Waals surface area contributed by atoms with Crippen molar-refractivity contribution in [3.63, 3.8) is 0 Å². The molecule has 0 radical (unpaired) electrons. The Labute approximate surface area is 148 Å². The first kappa shape index (κ1) is 20.6. The van der Waals surface area contributed by atoms with Gasteiger partial charge in [0, 0.05) is 13.5 Å². The summed E-state index contributed by atoms with van der Waals surface area (Å²) in [6.07, 6.45) is 0.818. The standard InChI is InChI=1S/C18H27N3O4/c1-5-25-18(24)15-9-6-7-10-16(15)21(14(2)22)13-17(23)19-11-8-12-20(3)4/h6-7,9-10H,5,8,11-13H2,1-4H3,(H,19,23). The molecule has 7 heteroatoms. The molecule has 0 bridgehead atoms. The van der Waals surface area contributed by atoms with E-state index >= 15 is 0 Å². The van der Waals surface area contributed by atoms with Crippen molar-refractivity contribution in [3.05, 3.63) is 29.8 Å². The number of hydrogen-bond donors (Lipinski definition) is 1. The number of ether oxygens (including phenoxy) is 1. The van der Waals surface area contributed by atoms with Gasteiger partial charge in [-0.3, -0.25) is 9.59 Å². The summed E-state index contributed by atoms with van der Waals surface area (Å²) in [5.41, 5.74) is 0.636. The van der Waals surface area contributed by atoms with Crippen LogP contribution in [0.3, 0.4) is 0 Å². The fourth-order valence-corrected chi connectivity index (χ4v) is 2.28. The Bertz CT molecular complexity index is 602. The number of hydrogen-bond acceptors (Lipinski definition) is 5. The first-order valence-corrected chi connectivity index (χ1v) is 8.32. The number of para-hydroxylation sites is 1. The fraction of sp³-hybridized carbons (Fsp3) is 0.500. The van der Waals surface area contributed by atoms with E-state index in [0.717, 1.165) is 13.0 Å². The first-order chi connectivity index (χ1) is 11.9. The molecule has 0 aromatic heterocycles. The normalized spacial score (nSPS) is 10.4. The maximum atomic E-state index is 12.1. The number of nitrogens with one attached hydrogen (secondary N) is 1. The molecule has 0 spiro atoms. The lowest BCUT2D eigenvalue weighted by molar-refractivity contribution is -0.123. The summed E-state index contributed by atoms with van der Waals surface area (Å²) in [5.74, 6) is -1.11. The summed E-state index contributed by atoms with van der Waals surface area (Å²) in [7, 11) is 3.93. The highest BCUT2D eigenvalue weighted by atomic mass is 16.5. The zero-order valence-corrected chi connectivity index (χ0v) is 15.4. The maximum absolute atomic E-state index is 12.1. The minimum atomic E-state index is -0.518. The number of benzene rings is 1. The Morgan fingerprint density at radius 2 is 1.84 bits per heavy atom. The topological polar surface area (TPSA) is 79.0 Å². The smallest absolute Gasteiger partial charge is 0.340 e. The lowest BCUT2D eigenvalue weighted by Crippen LogP contribution is -2.41. The Kier molecular flexibility index (Phi) is 8.63. The van der Waals surface area contributed by atoms with Gasteiger partial charge in [0.25, 0.3) is 0 Å². The first-order valence-electron chi connectivity index (χ1n) is 8.32. The van der Waals surface area contributed by atoms with Crippen LogP contribution in [0.15, 0.2) is 24.3 Å². The van der Waals surface area contributed by atoms with Crippen molar-refractivity contribution in [3.8, 4) is 0 Å². The van der Waals surface area contributed by atoms with E-state index < -0.39 is 5.97 Å². The average molecular weight is 349 g/mol. The van der Waals surface area contributed by atoms with Crippen molar-refractivity contribution in [1.29, 1.82) is 0 Å². The minimum Gasteiger partial charge on any atom is -0.462 e. The van der Waals surface area contributed by atoms with Gasteiger partial charge in [0.05, 0.1) is 17.9 Å². The molecule has 2 amide bonds. The van der Waals surface area contributed by atoms with Crippen LogP contribution in [0.2, 0.25) is 0 Å². The van der Waals surface area contributed by atoms with E-state index in [-0.39, 0.29) is 30.5 Å². The zero-order chi connectivity index (χ0) is 18.8. The summed E-state index contributed by atoms with van der Waals surface area (Å²) in [6, 6.07) is 6.61. The van der Waals surface area contributed by atoms with Crippen LogP contribution in [0, 0.1) is 0 Å². The Balaban J connectivity index is 2.82. The predicted octanol–water partition coefficient (Wildman–Crippen LogP) is 1.28. The molecule has 25 heavy (non-hydrogen) atoms. The van der Waals surface area contributed by atoms with Crippen LogP contribution in [-0.2, 0) is 14.3 Å². The number of esters is 1. The molecule has 0 unspecified atom stereocenters. The van der Waals surface area contributed by atoms with Crippen molar-refractivity contribution in [2.45, 2.75) is 20.3 Å². The van der Waals surface area contributed by atoms with Crippen LogP contribution in [0.4, 0.5) is 5.69 Å². The highest BCUT2D eigenvalue weighted by molar-refractivity contribution is 6.04. The largest absolute Gasteiger partial charge is 0.462 e. The predicted molar refractivity (Wildman–Crippen MR) is 96.6 cm³/mol. The number of anilines is 1. The number of amides is 2. The van der Waals surface area contributed by atoms with E-state index in [2.05, 4.69) is 5.32 Å². The van der Waals surface area contributed by atoms with Gasteiger partial charge in [-0.1, -0.05) is 12.1 Å². The average Bonchev–Trinajstić information content (AvgIpc) is 2.56. The van der Waals surface area contributed by atoms with Gasteiger partial charge in [0.1, 0.15) is 6.54 Å². The number of rotatable bonds is 9. The van der Waals surface area contributed by atoms with Gasteiger partial charge < -0.3 is 19.9 Å². The zero-order valence-electron chi connectivity index (χ0n) is 15.4. The van der Waals surface area contributed by atoms with Crippen molar-refractivity contribution >= 4 is 23.5 Å². The molecule has 1 N–H and O–H groups in total. The van der Waals surface area contributed by atoms with Crippen LogP contribution in [-0.4, -0.2) is 63.0 Å². The van der Waals surface area contributed by atoms with Gasteiger partial charge in [-0.05, 0) is 46.1 Å². The van der Waals surface area contributed by atoms with Gasteiger partial charge in [-0.25, -0.2) is 4.79 Å². The number of carbonyl (C=O) groups excluding carboxylic acids is 3. The molecule has 0 aliphatic carbocycles. The fourth-order valence-electron chi connectivity index (χ4n) is 2.28. The monoisotopic (exact) mass is 349 g/mol. The van der Waals surface area contributed by atoms with Gasteiger partial charge in [0.15, 0.2) is 0 Å². The quantitative estimate of drug-likeness (QED) is 0.537. The molecule has 7 nitrogen and oxygen atoms in total. The molecule has 1 rings (SSSR count). The third kappa shape index (κ3) is 6.93. The Morgan fingerprint density at radius 1 is 1.16 bits per heavy atom. The molecule has 1 aromatic rings. The second-order valence-corrected chi connectivity index (χ2v) is 5.85. The SMILES string of the molecule is CCOC(=O)c1ccccc1N(CC(=O)NCCCN(C)C)C(C)=O. The van der Waals surface area contributed by atoms with Gasteiger partial charge in [0.2, 0.25) is 11.8 Å². The van der Waals surface area contributed by atoms with E-state index in [4.69, 9.17) is 4.74 Å². The van der Waals surface area contributed by atoms with Crippen molar-refractivity contribution in [2.75, 3.05) is 45.2 Å². The minimum absolute atomic E-state index is 0.145. The molecule has 1 aromatic carbocycles. The molecule has 0 aliphatic rings. The number of nitrogens with zero attached hydrogens (tertiary/aromatic N) is 2. The summed E-state index contributed by atoms with van der Waals surface area (Å²) in [6.45, 7) is 4.56. The van der Waals surface area contributed by atoms with E-state index in [9.17, 15) is 14.4 Å². The van der Waals surface area contributed by atoms with Gasteiger partial charge >= 0.3 is 5.97 Å². The molecule has 0 saturated heterocycles. The third-order valence-electron chi connectivity index (χ3n) is 3.48. The second kappa shape index (κ2) is 10.5. The highest BCUT2D eigenvalue weighted by Crippen LogP contribution is 2.21. The summed E-state index contributed by atoms with van der Waals surface area (Å²) in [4.78, 5) is 39.6. The summed E-state index contributed by atoms with van der Waals surface area (Å²) in [5, 5.41) is 2.79. The van der Waals surface area contributed by atoms with Crippen LogP contribution in [0.5, 0.6) is 0 Å². The highest BCUT2D eigenvalue weighted by Gasteiger charge is 2.22. The second-order valence-electron chi connectivity index (χ2n) is 5.85. The molecular formula is C18H27N3O4.